The minimum absolute atomic E-state index is 0.122. The van der Waals surface area contributed by atoms with Gasteiger partial charge >= 0.3 is 0 Å². The van der Waals surface area contributed by atoms with Gasteiger partial charge in [0.05, 0.1) is 10.4 Å². The Labute approximate surface area is 117 Å². The normalized spacial score (nSPS) is 10.5. The molecule has 0 saturated heterocycles. The van der Waals surface area contributed by atoms with Crippen LogP contribution in [-0.2, 0) is 13.2 Å². The quantitative estimate of drug-likeness (QED) is 0.907. The van der Waals surface area contributed by atoms with E-state index < -0.39 is 0 Å². The van der Waals surface area contributed by atoms with E-state index in [4.69, 9.17) is 16.3 Å². The Morgan fingerprint density at radius 1 is 1.29 bits per heavy atom. The molecule has 1 heterocycles. The summed E-state index contributed by atoms with van der Waals surface area (Å²) in [7, 11) is 0. The molecule has 0 saturated carbocycles. The van der Waals surface area contributed by atoms with Gasteiger partial charge in [-0.25, -0.2) is 0 Å². The van der Waals surface area contributed by atoms with E-state index in [-0.39, 0.29) is 6.61 Å². The molecule has 1 aromatic heterocycles. The van der Waals surface area contributed by atoms with Gasteiger partial charge in [-0.1, -0.05) is 17.7 Å². The molecule has 17 heavy (non-hydrogen) atoms. The summed E-state index contributed by atoms with van der Waals surface area (Å²) in [5, 5.41) is 9.76. The van der Waals surface area contributed by atoms with Crippen LogP contribution in [-0.4, -0.2) is 5.11 Å². The second-order valence-corrected chi connectivity index (χ2v) is 6.32. The molecule has 0 atom stereocenters. The summed E-state index contributed by atoms with van der Waals surface area (Å²) in [4.78, 5) is 1.11. The zero-order chi connectivity index (χ0) is 12.3. The van der Waals surface area contributed by atoms with E-state index >= 15 is 0 Å². The van der Waals surface area contributed by atoms with Crippen LogP contribution in [0.25, 0.3) is 0 Å². The molecule has 2 nitrogen and oxygen atoms in total. The third-order valence-electron chi connectivity index (χ3n) is 2.23. The van der Waals surface area contributed by atoms with Crippen molar-refractivity contribution in [3.63, 3.8) is 0 Å². The van der Waals surface area contributed by atoms with Crippen LogP contribution in [0, 0.1) is 0 Å². The molecule has 0 aliphatic rings. The fourth-order valence-corrected chi connectivity index (χ4v) is 3.03. The van der Waals surface area contributed by atoms with Crippen LogP contribution < -0.4 is 4.74 Å². The summed E-state index contributed by atoms with van der Waals surface area (Å²) in [6, 6.07) is 9.33. The molecule has 1 aromatic carbocycles. The number of thiophene rings is 1. The van der Waals surface area contributed by atoms with Crippen LogP contribution in [0.3, 0.4) is 0 Å². The summed E-state index contributed by atoms with van der Waals surface area (Å²) in [5.41, 5.74) is 0.629. The first kappa shape index (κ1) is 12.9. The molecule has 0 unspecified atom stereocenters. The summed E-state index contributed by atoms with van der Waals surface area (Å²) >= 11 is 11.0. The van der Waals surface area contributed by atoms with E-state index in [1.54, 1.807) is 29.5 Å². The number of halogens is 2. The first-order chi connectivity index (χ1) is 8.20. The topological polar surface area (TPSA) is 29.5 Å². The fourth-order valence-electron chi connectivity index (χ4n) is 1.41. The minimum atomic E-state index is -0.122. The number of hydrogen-bond acceptors (Lipinski definition) is 3. The Morgan fingerprint density at radius 3 is 2.76 bits per heavy atom. The monoisotopic (exact) mass is 332 g/mol. The van der Waals surface area contributed by atoms with Crippen LogP contribution in [0.2, 0.25) is 5.02 Å². The number of hydrogen-bond donors (Lipinski definition) is 1. The maximum Gasteiger partial charge on any atom is 0.126 e. The van der Waals surface area contributed by atoms with Crippen molar-refractivity contribution in [3.8, 4) is 5.75 Å². The largest absolute Gasteiger partial charge is 0.488 e. The van der Waals surface area contributed by atoms with Gasteiger partial charge in [0, 0.05) is 15.5 Å². The van der Waals surface area contributed by atoms with Gasteiger partial charge < -0.3 is 9.84 Å². The second-order valence-electron chi connectivity index (χ2n) is 3.37. The molecule has 0 spiro atoms. The number of ether oxygens (including phenoxy) is 1. The lowest BCUT2D eigenvalue weighted by Gasteiger charge is -2.10. The van der Waals surface area contributed by atoms with Crippen LogP contribution >= 0.6 is 38.9 Å². The van der Waals surface area contributed by atoms with Gasteiger partial charge in [-0.05, 0) is 40.2 Å². The van der Waals surface area contributed by atoms with Gasteiger partial charge in [-0.15, -0.1) is 11.3 Å². The van der Waals surface area contributed by atoms with E-state index in [1.165, 1.54) is 0 Å². The van der Waals surface area contributed by atoms with Crippen LogP contribution in [0.15, 0.2) is 34.1 Å². The molecule has 2 aromatic rings. The van der Waals surface area contributed by atoms with Crippen LogP contribution in [0.5, 0.6) is 5.75 Å². The van der Waals surface area contributed by atoms with Gasteiger partial charge in [0.15, 0.2) is 0 Å². The van der Waals surface area contributed by atoms with E-state index in [2.05, 4.69) is 15.9 Å². The number of benzene rings is 1. The van der Waals surface area contributed by atoms with Crippen molar-refractivity contribution < 1.29 is 9.84 Å². The number of aliphatic hydroxyl groups excluding tert-OH is 1. The standard InChI is InChI=1S/C12H10BrClO2S/c13-12-5-4-8(17-12)7-16-11-3-1-2-10(14)9(11)6-15/h1-5,15H,6-7H2. The molecule has 0 radical (unpaired) electrons. The van der Waals surface area contributed by atoms with Crippen molar-refractivity contribution in [2.24, 2.45) is 0 Å². The highest BCUT2D eigenvalue weighted by molar-refractivity contribution is 9.11. The van der Waals surface area contributed by atoms with Crippen molar-refractivity contribution in [3.05, 3.63) is 49.6 Å². The summed E-state index contributed by atoms with van der Waals surface area (Å²) < 4.78 is 6.73. The maximum absolute atomic E-state index is 9.23. The molecule has 0 amide bonds. The highest BCUT2D eigenvalue weighted by Gasteiger charge is 2.07. The van der Waals surface area contributed by atoms with Gasteiger partial charge in [0.2, 0.25) is 0 Å². The van der Waals surface area contributed by atoms with Gasteiger partial charge in [0.1, 0.15) is 12.4 Å². The Kier molecular flexibility index (Phi) is 4.45. The molecular weight excluding hydrogens is 324 g/mol. The van der Waals surface area contributed by atoms with E-state index in [9.17, 15) is 5.11 Å². The summed E-state index contributed by atoms with van der Waals surface area (Å²) in [6.45, 7) is 0.354. The average Bonchev–Trinajstić information content (AvgIpc) is 2.72. The SMILES string of the molecule is OCc1c(Cl)cccc1OCc1ccc(Br)s1. The molecular formula is C12H10BrClO2S. The van der Waals surface area contributed by atoms with Crippen molar-refractivity contribution in [2.45, 2.75) is 13.2 Å². The molecule has 0 aliphatic carbocycles. The molecule has 0 bridgehead atoms. The molecule has 90 valence electrons. The fraction of sp³-hybridized carbons (Fsp3) is 0.167. The zero-order valence-electron chi connectivity index (χ0n) is 8.82. The van der Waals surface area contributed by atoms with E-state index in [0.29, 0.717) is 22.9 Å². The highest BCUT2D eigenvalue weighted by atomic mass is 79.9. The predicted octanol–water partition coefficient (Wildman–Crippen LogP) is 4.24. The first-order valence-electron chi connectivity index (χ1n) is 4.96. The average molecular weight is 334 g/mol. The van der Waals surface area contributed by atoms with Crippen LogP contribution in [0.4, 0.5) is 0 Å². The summed E-state index contributed by atoms with van der Waals surface area (Å²) in [5.74, 6) is 0.629. The van der Waals surface area contributed by atoms with E-state index in [0.717, 1.165) is 8.66 Å². The van der Waals surface area contributed by atoms with Gasteiger partial charge in [-0.3, -0.25) is 0 Å². The number of aliphatic hydroxyl groups is 1. The maximum atomic E-state index is 9.23. The van der Waals surface area contributed by atoms with Crippen molar-refractivity contribution in [2.75, 3.05) is 0 Å². The zero-order valence-corrected chi connectivity index (χ0v) is 12.0. The first-order valence-corrected chi connectivity index (χ1v) is 6.94. The molecule has 2 rings (SSSR count). The highest BCUT2D eigenvalue weighted by Crippen LogP contribution is 2.28. The van der Waals surface area contributed by atoms with Gasteiger partial charge in [0.25, 0.3) is 0 Å². The van der Waals surface area contributed by atoms with E-state index in [1.807, 2.05) is 12.1 Å². The van der Waals surface area contributed by atoms with Gasteiger partial charge in [-0.2, -0.15) is 0 Å². The molecule has 0 aliphatic heterocycles. The minimum Gasteiger partial charge on any atom is -0.488 e. The lowest BCUT2D eigenvalue weighted by molar-refractivity contribution is 0.260. The summed E-state index contributed by atoms with van der Waals surface area (Å²) in [6.07, 6.45) is 0. The Hall–Kier alpha value is -0.550. The Morgan fingerprint density at radius 2 is 2.12 bits per heavy atom. The lowest BCUT2D eigenvalue weighted by Crippen LogP contribution is -1.97. The predicted molar refractivity (Wildman–Crippen MR) is 73.7 cm³/mol. The van der Waals surface area contributed by atoms with Crippen molar-refractivity contribution in [1.82, 2.24) is 0 Å². The Balaban J connectivity index is 2.11. The molecule has 0 fully saturated rings. The number of rotatable bonds is 4. The second kappa shape index (κ2) is 5.87. The Bertz CT molecular complexity index is 513. The smallest absolute Gasteiger partial charge is 0.126 e. The third-order valence-corrected chi connectivity index (χ3v) is 4.18. The lowest BCUT2D eigenvalue weighted by atomic mass is 10.2. The van der Waals surface area contributed by atoms with Crippen LogP contribution in [0.1, 0.15) is 10.4 Å². The van der Waals surface area contributed by atoms with Crippen molar-refractivity contribution >= 4 is 38.9 Å². The van der Waals surface area contributed by atoms with Crippen molar-refractivity contribution in [1.29, 1.82) is 0 Å². The third kappa shape index (κ3) is 3.22. The molecule has 5 heteroatoms. The molecule has 1 N–H and O–H groups in total.